The van der Waals surface area contributed by atoms with Crippen molar-refractivity contribution in [3.05, 3.63) is 125 Å². The number of likely N-dealkylation sites (N-methyl/N-ethyl adjacent to an activating group) is 1. The molecular weight excluding hydrogens is 715 g/mol. The molecule has 4 aromatic carbocycles. The van der Waals surface area contributed by atoms with Crippen molar-refractivity contribution >= 4 is 11.8 Å². The molecule has 2 aliphatic heterocycles. The number of nitrogens with zero attached hydrogens (tertiary/aromatic N) is 2. The molecule has 0 saturated carbocycles. The average molecular weight is 762 g/mol. The van der Waals surface area contributed by atoms with Crippen molar-refractivity contribution in [3.8, 4) is 16.9 Å². The molecule has 55 heavy (non-hydrogen) atoms. The lowest BCUT2D eigenvalue weighted by Gasteiger charge is -2.42. The fourth-order valence-corrected chi connectivity index (χ4v) is 7.29. The maximum Gasteiger partial charge on any atom is 0.471 e. The zero-order valence-corrected chi connectivity index (χ0v) is 30.7. The van der Waals surface area contributed by atoms with Gasteiger partial charge in [0.1, 0.15) is 11.8 Å². The molecule has 10 nitrogen and oxygen atoms in total. The van der Waals surface area contributed by atoms with Crippen LogP contribution >= 0.6 is 0 Å². The Hall–Kier alpha value is -4.79. The number of benzene rings is 4. The van der Waals surface area contributed by atoms with Gasteiger partial charge in [0.2, 0.25) is 5.91 Å². The highest BCUT2D eigenvalue weighted by Gasteiger charge is 2.47. The fourth-order valence-electron chi connectivity index (χ4n) is 7.29. The van der Waals surface area contributed by atoms with Crippen molar-refractivity contribution in [2.75, 3.05) is 26.7 Å². The molecule has 2 amide bonds. The summed E-state index contributed by atoms with van der Waals surface area (Å²) in [6.07, 6.45) is -6.71. The van der Waals surface area contributed by atoms with Gasteiger partial charge in [-0.15, -0.1) is 0 Å². The van der Waals surface area contributed by atoms with E-state index in [0.29, 0.717) is 30.0 Å². The number of aliphatic hydroxyl groups excluding tert-OH is 2. The molecule has 4 aromatic rings. The second-order valence-electron chi connectivity index (χ2n) is 14.3. The van der Waals surface area contributed by atoms with E-state index in [2.05, 4.69) is 12.2 Å². The molecule has 2 fully saturated rings. The lowest BCUT2D eigenvalue weighted by molar-refractivity contribution is -0.276. The van der Waals surface area contributed by atoms with Crippen LogP contribution in [0.1, 0.15) is 66.1 Å². The topological polar surface area (TPSA) is 132 Å². The first-order valence-corrected chi connectivity index (χ1v) is 18.3. The number of aromatic hydroxyl groups is 1. The van der Waals surface area contributed by atoms with Gasteiger partial charge < -0.3 is 39.9 Å². The number of likely N-dealkylation sites (tertiary alicyclic amines) is 1. The first kappa shape index (κ1) is 39.9. The van der Waals surface area contributed by atoms with E-state index in [1.54, 1.807) is 24.3 Å². The van der Waals surface area contributed by atoms with Crippen LogP contribution in [0, 0.1) is 5.92 Å². The van der Waals surface area contributed by atoms with Crippen LogP contribution in [0.5, 0.6) is 5.75 Å². The Morgan fingerprint density at radius 1 is 0.927 bits per heavy atom. The molecule has 0 unspecified atom stereocenters. The third-order valence-corrected chi connectivity index (χ3v) is 10.3. The summed E-state index contributed by atoms with van der Waals surface area (Å²) in [5.41, 5.74) is 5.62. The van der Waals surface area contributed by atoms with Gasteiger partial charge in [-0.1, -0.05) is 85.8 Å². The van der Waals surface area contributed by atoms with Crippen molar-refractivity contribution in [2.24, 2.45) is 5.92 Å². The zero-order chi connectivity index (χ0) is 39.3. The molecule has 0 radical (unpaired) electrons. The van der Waals surface area contributed by atoms with Crippen LogP contribution in [0.3, 0.4) is 0 Å². The molecule has 292 valence electrons. The number of hydrogen-bond acceptors (Lipinski definition) is 8. The maximum absolute atomic E-state index is 13.1. The molecule has 2 heterocycles. The Balaban J connectivity index is 1.14. The van der Waals surface area contributed by atoms with E-state index < -0.39 is 36.4 Å². The van der Waals surface area contributed by atoms with Crippen LogP contribution in [-0.4, -0.2) is 81.9 Å². The van der Waals surface area contributed by atoms with E-state index in [1.165, 1.54) is 0 Å². The summed E-state index contributed by atoms with van der Waals surface area (Å²) in [6.45, 7) is 2.76. The number of carbonyl (C=O) groups excluding carboxylic acids is 2. The van der Waals surface area contributed by atoms with Crippen molar-refractivity contribution < 1.29 is 47.6 Å². The smallest absolute Gasteiger partial charge is 0.471 e. The molecule has 0 aliphatic carbocycles. The summed E-state index contributed by atoms with van der Waals surface area (Å²) in [6, 6.07) is 28.2. The number of phenols is 1. The highest BCUT2D eigenvalue weighted by molar-refractivity contribution is 5.90. The Kier molecular flexibility index (Phi) is 12.6. The second-order valence-corrected chi connectivity index (χ2v) is 14.3. The normalized spacial score (nSPS) is 22.1. The van der Waals surface area contributed by atoms with Crippen molar-refractivity contribution in [1.82, 2.24) is 15.1 Å². The molecule has 0 spiro atoms. The largest absolute Gasteiger partial charge is 0.508 e. The van der Waals surface area contributed by atoms with Crippen molar-refractivity contribution in [2.45, 2.75) is 69.7 Å². The number of carbonyl (C=O) groups is 2. The van der Waals surface area contributed by atoms with Gasteiger partial charge in [-0.05, 0) is 71.5 Å². The van der Waals surface area contributed by atoms with Gasteiger partial charge in [-0.3, -0.25) is 9.59 Å². The third-order valence-electron chi connectivity index (χ3n) is 10.3. The molecule has 2 aliphatic rings. The summed E-state index contributed by atoms with van der Waals surface area (Å²) >= 11 is 0. The number of alkyl halides is 3. The minimum absolute atomic E-state index is 0.0708. The maximum atomic E-state index is 13.1. The number of aliphatic hydroxyl groups is 2. The molecule has 6 atom stereocenters. The number of rotatable bonds is 12. The highest BCUT2D eigenvalue weighted by Crippen LogP contribution is 2.42. The van der Waals surface area contributed by atoms with Crippen LogP contribution in [0.25, 0.3) is 11.1 Å². The number of phenolic OH excluding ortho intramolecular Hbond substituents is 1. The minimum Gasteiger partial charge on any atom is -0.508 e. The van der Waals surface area contributed by atoms with Gasteiger partial charge in [-0.25, -0.2) is 0 Å². The highest BCUT2D eigenvalue weighted by atomic mass is 19.4. The number of amides is 2. The van der Waals surface area contributed by atoms with Crippen molar-refractivity contribution in [1.29, 1.82) is 0 Å². The number of nitrogens with one attached hydrogen (secondary N) is 1. The summed E-state index contributed by atoms with van der Waals surface area (Å²) in [7, 11) is 1.91. The van der Waals surface area contributed by atoms with Crippen LogP contribution in [-0.2, 0) is 32.2 Å². The molecule has 4 N–H and O–H groups in total. The molecular formula is C42H46F3N3O7. The van der Waals surface area contributed by atoms with Gasteiger partial charge in [-0.2, -0.15) is 13.2 Å². The number of hydrogen-bond donors (Lipinski definition) is 4. The molecule has 0 aromatic heterocycles. The van der Waals surface area contributed by atoms with E-state index in [-0.39, 0.29) is 50.0 Å². The van der Waals surface area contributed by atoms with Crippen LogP contribution in [0.4, 0.5) is 13.2 Å². The molecule has 0 bridgehead atoms. The number of ether oxygens (including phenoxy) is 2. The Labute approximate surface area is 318 Å². The first-order chi connectivity index (χ1) is 26.3. The summed E-state index contributed by atoms with van der Waals surface area (Å²) in [4.78, 5) is 27.3. The van der Waals surface area contributed by atoms with Gasteiger partial charge in [0.15, 0.2) is 6.29 Å². The van der Waals surface area contributed by atoms with Crippen LogP contribution in [0.2, 0.25) is 0 Å². The van der Waals surface area contributed by atoms with Crippen LogP contribution < -0.4 is 5.32 Å². The summed E-state index contributed by atoms with van der Waals surface area (Å²) in [5.74, 6) is -2.61. The van der Waals surface area contributed by atoms with Crippen molar-refractivity contribution in [3.63, 3.8) is 0 Å². The SMILES string of the molecule is C[C@@H]1[C@H](CN(C)C[C@@H](O)c2cccc(O)c2)O[C@H](c2ccc(-c3cccc(CNC(=O)[C@@H]4CCCN4C(=O)C(F)(F)F)c3)cc2)O[C@@H]1c1ccc(CO)cc1. The Morgan fingerprint density at radius 3 is 2.33 bits per heavy atom. The van der Waals surface area contributed by atoms with E-state index in [9.17, 15) is 38.1 Å². The van der Waals surface area contributed by atoms with E-state index in [4.69, 9.17) is 9.47 Å². The standard InChI is InChI=1S/C42H46F3N3O7/c1-26-37(24-47(2)23-36(51)33-8-4-9-34(50)21-33)54-40(55-38(26)30-13-11-27(25-49)12-14-30)31-17-15-29(16-18-31)32-7-3-6-28(20-32)22-46-39(52)35-10-5-19-48(35)41(53)42(43,44)45/h3-4,6-9,11-18,20-21,26,35-38,40,49-51H,5,10,19,22-25H2,1-2H3,(H,46,52)/t26-,35+,36-,37+,38+,40+/m1/s1. The third kappa shape index (κ3) is 9.72. The monoisotopic (exact) mass is 761 g/mol. The molecule has 13 heteroatoms. The summed E-state index contributed by atoms with van der Waals surface area (Å²) in [5, 5.41) is 33.1. The first-order valence-electron chi connectivity index (χ1n) is 18.3. The lowest BCUT2D eigenvalue weighted by Crippen LogP contribution is -2.50. The molecule has 6 rings (SSSR count). The van der Waals surface area contributed by atoms with Crippen LogP contribution in [0.15, 0.2) is 97.1 Å². The van der Waals surface area contributed by atoms with E-state index >= 15 is 0 Å². The predicted molar refractivity (Wildman–Crippen MR) is 198 cm³/mol. The quantitative estimate of drug-likeness (QED) is 0.135. The van der Waals surface area contributed by atoms with Gasteiger partial charge >= 0.3 is 12.1 Å². The average Bonchev–Trinajstić information content (AvgIpc) is 3.67. The minimum atomic E-state index is -5.03. The second kappa shape index (κ2) is 17.3. The summed E-state index contributed by atoms with van der Waals surface area (Å²) < 4.78 is 52.4. The zero-order valence-electron chi connectivity index (χ0n) is 30.7. The van der Waals surface area contributed by atoms with Gasteiger partial charge in [0, 0.05) is 37.7 Å². The van der Waals surface area contributed by atoms with Gasteiger partial charge in [0.05, 0.1) is 24.9 Å². The molecule has 2 saturated heterocycles. The Morgan fingerprint density at radius 2 is 1.64 bits per heavy atom. The number of halogens is 3. The Bertz CT molecular complexity index is 1920. The van der Waals surface area contributed by atoms with E-state index in [0.717, 1.165) is 33.4 Å². The lowest BCUT2D eigenvalue weighted by atomic mass is 9.90. The van der Waals surface area contributed by atoms with Gasteiger partial charge in [0.25, 0.3) is 0 Å². The predicted octanol–water partition coefficient (Wildman–Crippen LogP) is 6.18. The fraction of sp³-hybridized carbons (Fsp3) is 0.381. The van der Waals surface area contributed by atoms with E-state index in [1.807, 2.05) is 84.7 Å².